The van der Waals surface area contributed by atoms with E-state index < -0.39 is 0 Å². The van der Waals surface area contributed by atoms with Gasteiger partial charge in [0, 0.05) is 36.2 Å². The van der Waals surface area contributed by atoms with Gasteiger partial charge in [-0.2, -0.15) is 0 Å². The maximum absolute atomic E-state index is 13.9. The zero-order chi connectivity index (χ0) is 27.2. The third-order valence-corrected chi connectivity index (χ3v) is 8.26. The third-order valence-electron chi connectivity index (χ3n) is 7.26. The van der Waals surface area contributed by atoms with Gasteiger partial charge in [0.2, 0.25) is 5.91 Å². The van der Waals surface area contributed by atoms with Gasteiger partial charge in [0.15, 0.2) is 0 Å². The monoisotopic (exact) mass is 550 g/mol. The van der Waals surface area contributed by atoms with Gasteiger partial charge in [0.1, 0.15) is 30.4 Å². The molecule has 0 N–H and O–H groups in total. The molecule has 2 aliphatic heterocycles. The van der Waals surface area contributed by atoms with E-state index in [1.165, 1.54) is 4.88 Å². The van der Waals surface area contributed by atoms with Crippen LogP contribution in [0.3, 0.4) is 0 Å². The van der Waals surface area contributed by atoms with Crippen molar-refractivity contribution in [2.24, 2.45) is 0 Å². The maximum Gasteiger partial charge on any atom is 0.254 e. The van der Waals surface area contributed by atoms with Gasteiger partial charge in [-0.05, 0) is 72.7 Å². The molecule has 8 nitrogen and oxygen atoms in total. The van der Waals surface area contributed by atoms with Crippen LogP contribution in [0.2, 0.25) is 0 Å². The largest absolute Gasteiger partial charge is 0.497 e. The average molecular weight is 551 g/mol. The highest BCUT2D eigenvalue weighted by molar-refractivity contribution is 7.10. The first kappa shape index (κ1) is 27.0. The Hall–Kier alpha value is -3.56. The molecule has 0 aliphatic carbocycles. The first-order valence-electron chi connectivity index (χ1n) is 13.2. The molecule has 206 valence electrons. The van der Waals surface area contributed by atoms with Crippen LogP contribution in [0.15, 0.2) is 60.0 Å². The van der Waals surface area contributed by atoms with E-state index >= 15 is 0 Å². The van der Waals surface area contributed by atoms with Crippen LogP contribution in [0.5, 0.6) is 17.2 Å². The number of benzene rings is 2. The second kappa shape index (κ2) is 12.5. The summed E-state index contributed by atoms with van der Waals surface area (Å²) >= 11 is 1.71. The molecule has 0 bridgehead atoms. The number of rotatable bonds is 10. The minimum Gasteiger partial charge on any atom is -0.497 e. The minimum atomic E-state index is -0.251. The molecule has 1 fully saturated rings. The number of hydrogen-bond donors (Lipinski definition) is 0. The fourth-order valence-electron chi connectivity index (χ4n) is 5.16. The highest BCUT2D eigenvalue weighted by Gasteiger charge is 2.34. The molecule has 9 heteroatoms. The van der Waals surface area contributed by atoms with Crippen molar-refractivity contribution in [1.29, 1.82) is 0 Å². The Balaban J connectivity index is 1.34. The lowest BCUT2D eigenvalue weighted by Gasteiger charge is -2.37. The molecule has 3 heterocycles. The molecule has 3 aromatic rings. The SMILES string of the molecule is COc1ccc(C(=O)N(CC(=O)N2CCc3sccc3C2COc2cccc(OC)c2)CC2CCCO2)cc1. The number of methoxy groups -OCH3 is 2. The molecule has 2 amide bonds. The Morgan fingerprint density at radius 1 is 1.05 bits per heavy atom. The van der Waals surface area contributed by atoms with Gasteiger partial charge in [0.25, 0.3) is 5.91 Å². The zero-order valence-electron chi connectivity index (χ0n) is 22.3. The van der Waals surface area contributed by atoms with Gasteiger partial charge >= 0.3 is 0 Å². The molecule has 2 atom stereocenters. The molecule has 5 rings (SSSR count). The lowest BCUT2D eigenvalue weighted by molar-refractivity contribution is -0.135. The fraction of sp³-hybridized carbons (Fsp3) is 0.400. The second-order valence-corrected chi connectivity index (χ2v) is 10.7. The summed E-state index contributed by atoms with van der Waals surface area (Å²) in [6, 6.07) is 16.3. The van der Waals surface area contributed by atoms with E-state index in [1.807, 2.05) is 29.2 Å². The lowest BCUT2D eigenvalue weighted by Crippen LogP contribution is -2.49. The zero-order valence-corrected chi connectivity index (χ0v) is 23.2. The Kier molecular flexibility index (Phi) is 8.68. The summed E-state index contributed by atoms with van der Waals surface area (Å²) < 4.78 is 22.6. The molecule has 2 unspecified atom stereocenters. The van der Waals surface area contributed by atoms with Crippen molar-refractivity contribution >= 4 is 23.2 Å². The van der Waals surface area contributed by atoms with Crippen LogP contribution in [0.4, 0.5) is 0 Å². The van der Waals surface area contributed by atoms with Gasteiger partial charge in [-0.1, -0.05) is 6.07 Å². The molecule has 0 radical (unpaired) electrons. The molecule has 39 heavy (non-hydrogen) atoms. The van der Waals surface area contributed by atoms with E-state index in [-0.39, 0.29) is 30.5 Å². The number of thiophene rings is 1. The predicted octanol–water partition coefficient (Wildman–Crippen LogP) is 4.59. The van der Waals surface area contributed by atoms with E-state index in [0.717, 1.165) is 24.8 Å². The highest BCUT2D eigenvalue weighted by Crippen LogP contribution is 2.34. The topological polar surface area (TPSA) is 77.5 Å². The second-order valence-electron chi connectivity index (χ2n) is 9.69. The van der Waals surface area contributed by atoms with Gasteiger partial charge in [-0.3, -0.25) is 9.59 Å². The van der Waals surface area contributed by atoms with Crippen molar-refractivity contribution < 1.29 is 28.5 Å². The molecule has 1 saturated heterocycles. The van der Waals surface area contributed by atoms with Crippen LogP contribution in [-0.2, 0) is 16.0 Å². The molecule has 1 aromatic heterocycles. The van der Waals surface area contributed by atoms with Crippen molar-refractivity contribution in [2.75, 3.05) is 47.1 Å². The van der Waals surface area contributed by atoms with E-state index in [9.17, 15) is 9.59 Å². The molecule has 0 saturated carbocycles. The van der Waals surface area contributed by atoms with Crippen LogP contribution in [0, 0.1) is 0 Å². The number of amides is 2. The van der Waals surface area contributed by atoms with Crippen molar-refractivity contribution in [3.05, 3.63) is 76.0 Å². The smallest absolute Gasteiger partial charge is 0.254 e. The molecule has 2 aromatic carbocycles. The summed E-state index contributed by atoms with van der Waals surface area (Å²) in [5.41, 5.74) is 1.62. The Morgan fingerprint density at radius 2 is 1.85 bits per heavy atom. The highest BCUT2D eigenvalue weighted by atomic mass is 32.1. The molecular weight excluding hydrogens is 516 g/mol. The third kappa shape index (κ3) is 6.37. The Morgan fingerprint density at radius 3 is 2.59 bits per heavy atom. The minimum absolute atomic E-state index is 0.0279. The van der Waals surface area contributed by atoms with Crippen LogP contribution >= 0.6 is 11.3 Å². The van der Waals surface area contributed by atoms with E-state index in [4.69, 9.17) is 18.9 Å². The number of carbonyl (C=O) groups excluding carboxylic acids is 2. The first-order valence-corrected chi connectivity index (χ1v) is 14.1. The number of ether oxygens (including phenoxy) is 4. The Labute approximate surface area is 233 Å². The van der Waals surface area contributed by atoms with E-state index in [1.54, 1.807) is 54.7 Å². The predicted molar refractivity (Wildman–Crippen MR) is 149 cm³/mol. The summed E-state index contributed by atoms with van der Waals surface area (Å²) in [5.74, 6) is 1.76. The van der Waals surface area contributed by atoms with Crippen LogP contribution in [0.25, 0.3) is 0 Å². The summed E-state index contributed by atoms with van der Waals surface area (Å²) in [6.07, 6.45) is 2.54. The number of nitrogens with zero attached hydrogens (tertiary/aromatic N) is 2. The summed E-state index contributed by atoms with van der Waals surface area (Å²) in [7, 11) is 3.21. The summed E-state index contributed by atoms with van der Waals surface area (Å²) in [6.45, 7) is 1.91. The standard InChI is InChI=1S/C30H34N2O6S/c1-35-22-10-8-21(9-11-22)30(34)31(18-25-7-4-15-37-25)19-29(33)32-14-12-28-26(13-16-39-28)27(32)20-38-24-6-3-5-23(17-24)36-2/h3,5-6,8-11,13,16-17,25,27H,4,7,12,14-15,18-20H2,1-2H3. The van der Waals surface area contributed by atoms with Crippen molar-refractivity contribution in [3.63, 3.8) is 0 Å². The van der Waals surface area contributed by atoms with Crippen LogP contribution in [0.1, 0.15) is 39.7 Å². The normalized spacial score (nSPS) is 18.4. The van der Waals surface area contributed by atoms with Crippen molar-refractivity contribution in [3.8, 4) is 17.2 Å². The maximum atomic E-state index is 13.9. The Bertz CT molecular complexity index is 1270. The lowest BCUT2D eigenvalue weighted by atomic mass is 10.00. The summed E-state index contributed by atoms with van der Waals surface area (Å²) in [5, 5.41) is 2.06. The summed E-state index contributed by atoms with van der Waals surface area (Å²) in [4.78, 5) is 32.2. The molecule has 2 aliphatic rings. The van der Waals surface area contributed by atoms with Crippen LogP contribution < -0.4 is 14.2 Å². The quantitative estimate of drug-likeness (QED) is 0.368. The number of hydrogen-bond acceptors (Lipinski definition) is 7. The van der Waals surface area contributed by atoms with Gasteiger partial charge in [-0.25, -0.2) is 0 Å². The van der Waals surface area contributed by atoms with Crippen molar-refractivity contribution in [1.82, 2.24) is 9.80 Å². The van der Waals surface area contributed by atoms with Crippen molar-refractivity contribution in [2.45, 2.75) is 31.4 Å². The molecular formula is C30H34N2O6S. The van der Waals surface area contributed by atoms with Gasteiger partial charge in [-0.15, -0.1) is 11.3 Å². The van der Waals surface area contributed by atoms with Crippen LogP contribution in [-0.4, -0.2) is 74.8 Å². The number of carbonyl (C=O) groups is 2. The first-order chi connectivity index (χ1) is 19.1. The number of fused-ring (bicyclic) bond motifs is 1. The van der Waals surface area contributed by atoms with E-state index in [2.05, 4.69) is 11.4 Å². The van der Waals surface area contributed by atoms with Gasteiger partial charge in [0.05, 0.1) is 26.4 Å². The van der Waals surface area contributed by atoms with E-state index in [0.29, 0.717) is 49.1 Å². The average Bonchev–Trinajstić information content (AvgIpc) is 3.67. The fourth-order valence-corrected chi connectivity index (χ4v) is 6.09. The molecule has 0 spiro atoms. The van der Waals surface area contributed by atoms with Gasteiger partial charge < -0.3 is 28.7 Å².